The van der Waals surface area contributed by atoms with Crippen LogP contribution in [0.5, 0.6) is 0 Å². The van der Waals surface area contributed by atoms with Crippen molar-refractivity contribution >= 4 is 35.3 Å². The summed E-state index contributed by atoms with van der Waals surface area (Å²) in [6.45, 7) is 0. The maximum absolute atomic E-state index is 11.7. The summed E-state index contributed by atoms with van der Waals surface area (Å²) in [5.41, 5.74) is 18.9. The molecule has 0 saturated heterocycles. The first-order valence-corrected chi connectivity index (χ1v) is 8.71. The molecular weight excluding hydrogens is 346 g/mol. The zero-order chi connectivity index (χ0) is 19.4. The molecule has 9 N–H and O–H groups in total. The first-order valence-electron chi connectivity index (χ1n) is 8.71. The number of aromatic nitrogens is 3. The second-order valence-electron chi connectivity index (χ2n) is 6.51. The van der Waals surface area contributed by atoms with Crippen molar-refractivity contribution in [3.05, 3.63) is 29.5 Å². The summed E-state index contributed by atoms with van der Waals surface area (Å²) in [6, 6.07) is 5.10. The van der Waals surface area contributed by atoms with E-state index in [1.165, 1.54) is 0 Å². The summed E-state index contributed by atoms with van der Waals surface area (Å²) in [7, 11) is 0. The average molecular weight is 369 g/mol. The predicted octanol–water partition coefficient (Wildman–Crippen LogP) is 0.976. The Hall–Kier alpha value is -3.27. The fraction of sp³-hybridized carbons (Fsp3) is 0.353. The molecule has 0 bridgehead atoms. The van der Waals surface area contributed by atoms with E-state index in [9.17, 15) is 4.79 Å². The number of hydrogen-bond acceptors (Lipinski definition) is 9. The van der Waals surface area contributed by atoms with Gasteiger partial charge in [0.25, 0.3) is 5.91 Å². The molecule has 2 atom stereocenters. The molecule has 1 heterocycles. The Morgan fingerprint density at radius 2 is 2.04 bits per heavy atom. The number of carbonyl (C=O) groups excluding carboxylic acids is 1. The van der Waals surface area contributed by atoms with Gasteiger partial charge in [0.1, 0.15) is 0 Å². The number of carbonyl (C=O) groups is 1. The zero-order valence-electron chi connectivity index (χ0n) is 14.8. The first kappa shape index (κ1) is 18.5. The lowest BCUT2D eigenvalue weighted by Gasteiger charge is -2.29. The number of hydrogen-bond donors (Lipinski definition) is 6. The highest BCUT2D eigenvalue weighted by Gasteiger charge is 2.23. The summed E-state index contributed by atoms with van der Waals surface area (Å²) < 4.78 is 0. The molecule has 1 saturated carbocycles. The zero-order valence-corrected chi connectivity index (χ0v) is 14.8. The second-order valence-corrected chi connectivity index (χ2v) is 6.51. The van der Waals surface area contributed by atoms with Crippen LogP contribution in [0.2, 0.25) is 0 Å². The summed E-state index contributed by atoms with van der Waals surface area (Å²) >= 11 is 0. The summed E-state index contributed by atoms with van der Waals surface area (Å²) in [5, 5.41) is 21.3. The van der Waals surface area contributed by atoms with Gasteiger partial charge in [0.05, 0.1) is 0 Å². The second kappa shape index (κ2) is 7.96. The van der Waals surface area contributed by atoms with Gasteiger partial charge in [0.2, 0.25) is 5.95 Å². The Labute approximate surface area is 156 Å². The lowest BCUT2D eigenvalue weighted by Crippen LogP contribution is -2.43. The minimum absolute atomic E-state index is 0.0167. The van der Waals surface area contributed by atoms with Gasteiger partial charge in [-0.2, -0.15) is 4.98 Å². The maximum atomic E-state index is 11.7. The van der Waals surface area contributed by atoms with Gasteiger partial charge >= 0.3 is 0 Å². The van der Waals surface area contributed by atoms with E-state index in [1.807, 2.05) is 0 Å². The fourth-order valence-corrected chi connectivity index (χ4v) is 3.07. The quantitative estimate of drug-likeness (QED) is 0.321. The average Bonchev–Trinajstić information content (AvgIpc) is 2.64. The van der Waals surface area contributed by atoms with Crippen molar-refractivity contribution in [2.75, 3.05) is 16.4 Å². The highest BCUT2D eigenvalue weighted by atomic mass is 16.1. The molecular formula is C17H23N9O. The lowest BCUT2D eigenvalue weighted by atomic mass is 9.91. The van der Waals surface area contributed by atoms with Crippen LogP contribution < -0.4 is 27.8 Å². The standard InChI is InChI=1S/C17H23N9O/c18-8-9-5-6-10(7-12(9)20)22-16-14(15(21)27)25-26-17(24-16)23-13-4-2-1-3-11(13)19/h5-8,11,13,18H,1-4,19-20H2,(H2,21,27)(H2,22,23,24,26)/t11-,13+/m0/s1. The lowest BCUT2D eigenvalue weighted by molar-refractivity contribution is 0.0995. The van der Waals surface area contributed by atoms with Crippen molar-refractivity contribution in [3.63, 3.8) is 0 Å². The molecule has 27 heavy (non-hydrogen) atoms. The number of benzene rings is 1. The van der Waals surface area contributed by atoms with Crippen molar-refractivity contribution < 1.29 is 4.79 Å². The van der Waals surface area contributed by atoms with Crippen LogP contribution in [0.4, 0.5) is 23.1 Å². The van der Waals surface area contributed by atoms with Gasteiger partial charge in [-0.15, -0.1) is 10.2 Å². The number of rotatable bonds is 6. The van der Waals surface area contributed by atoms with Crippen LogP contribution in [0, 0.1) is 5.41 Å². The third kappa shape index (κ3) is 4.29. The van der Waals surface area contributed by atoms with Gasteiger partial charge in [0, 0.05) is 35.2 Å². The largest absolute Gasteiger partial charge is 0.398 e. The van der Waals surface area contributed by atoms with Gasteiger partial charge in [-0.25, -0.2) is 0 Å². The Bertz CT molecular complexity index is 854. The molecule has 1 amide bonds. The van der Waals surface area contributed by atoms with E-state index in [1.54, 1.807) is 18.2 Å². The molecule has 3 rings (SSSR count). The summed E-state index contributed by atoms with van der Waals surface area (Å²) in [4.78, 5) is 16.0. The molecule has 142 valence electrons. The van der Waals surface area contributed by atoms with Gasteiger partial charge in [-0.05, 0) is 31.0 Å². The molecule has 1 aliphatic rings. The Morgan fingerprint density at radius 1 is 1.26 bits per heavy atom. The predicted molar refractivity (Wildman–Crippen MR) is 104 cm³/mol. The minimum Gasteiger partial charge on any atom is -0.398 e. The minimum atomic E-state index is -0.748. The van der Waals surface area contributed by atoms with Crippen molar-refractivity contribution in [2.45, 2.75) is 37.8 Å². The smallest absolute Gasteiger partial charge is 0.273 e. The van der Waals surface area contributed by atoms with Crippen LogP contribution in [-0.4, -0.2) is 39.4 Å². The van der Waals surface area contributed by atoms with Crippen molar-refractivity contribution in [3.8, 4) is 0 Å². The number of nitrogens with two attached hydrogens (primary N) is 3. The molecule has 1 aromatic carbocycles. The van der Waals surface area contributed by atoms with E-state index in [2.05, 4.69) is 25.8 Å². The Morgan fingerprint density at radius 3 is 2.70 bits per heavy atom. The van der Waals surface area contributed by atoms with Crippen LogP contribution >= 0.6 is 0 Å². The van der Waals surface area contributed by atoms with Crippen LogP contribution in [0.1, 0.15) is 41.7 Å². The molecule has 10 heteroatoms. The SMILES string of the molecule is N=Cc1ccc(Nc2nc(N[C@@H]3CCCC[C@@H]3N)nnc2C(N)=O)cc1N. The third-order valence-corrected chi connectivity index (χ3v) is 4.56. The molecule has 1 fully saturated rings. The molecule has 2 aromatic rings. The van der Waals surface area contributed by atoms with E-state index in [0.29, 0.717) is 16.9 Å². The van der Waals surface area contributed by atoms with E-state index in [-0.39, 0.29) is 29.5 Å². The molecule has 1 aliphatic carbocycles. The third-order valence-electron chi connectivity index (χ3n) is 4.56. The van der Waals surface area contributed by atoms with Gasteiger partial charge in [-0.1, -0.05) is 12.8 Å². The number of nitrogen functional groups attached to an aromatic ring is 1. The molecule has 0 radical (unpaired) electrons. The van der Waals surface area contributed by atoms with Gasteiger partial charge in [0.15, 0.2) is 11.5 Å². The highest BCUT2D eigenvalue weighted by Crippen LogP contribution is 2.23. The highest BCUT2D eigenvalue weighted by molar-refractivity contribution is 5.96. The summed E-state index contributed by atoms with van der Waals surface area (Å²) in [6.07, 6.45) is 5.22. The first-order chi connectivity index (χ1) is 13.0. The van der Waals surface area contributed by atoms with Crippen LogP contribution in [0.25, 0.3) is 0 Å². The number of nitrogens with one attached hydrogen (secondary N) is 3. The van der Waals surface area contributed by atoms with E-state index in [4.69, 9.17) is 22.6 Å². The maximum Gasteiger partial charge on any atom is 0.273 e. The summed E-state index contributed by atoms with van der Waals surface area (Å²) in [5.74, 6) is -0.303. The van der Waals surface area contributed by atoms with Crippen molar-refractivity contribution in [1.82, 2.24) is 15.2 Å². The van der Waals surface area contributed by atoms with Gasteiger partial charge < -0.3 is 33.2 Å². The molecule has 10 nitrogen and oxygen atoms in total. The molecule has 1 aromatic heterocycles. The normalized spacial score (nSPS) is 19.3. The van der Waals surface area contributed by atoms with Crippen LogP contribution in [-0.2, 0) is 0 Å². The number of anilines is 4. The topological polar surface area (TPSA) is 182 Å². The molecule has 0 spiro atoms. The van der Waals surface area contributed by atoms with E-state index in [0.717, 1.165) is 31.9 Å². The van der Waals surface area contributed by atoms with Crippen molar-refractivity contribution in [2.24, 2.45) is 11.5 Å². The number of amides is 1. The van der Waals surface area contributed by atoms with Crippen molar-refractivity contribution in [1.29, 1.82) is 5.41 Å². The molecule has 0 aliphatic heterocycles. The Balaban J connectivity index is 1.86. The monoisotopic (exact) mass is 369 g/mol. The number of nitrogens with zero attached hydrogens (tertiary/aromatic N) is 3. The van der Waals surface area contributed by atoms with Crippen LogP contribution in [0.3, 0.4) is 0 Å². The Kier molecular flexibility index (Phi) is 5.46. The van der Waals surface area contributed by atoms with Gasteiger partial charge in [-0.3, -0.25) is 4.79 Å². The van der Waals surface area contributed by atoms with E-state index < -0.39 is 5.91 Å². The van der Waals surface area contributed by atoms with E-state index >= 15 is 0 Å². The van der Waals surface area contributed by atoms with Crippen LogP contribution in [0.15, 0.2) is 18.2 Å². The number of primary amides is 1. The fourth-order valence-electron chi connectivity index (χ4n) is 3.07. The molecule has 0 unspecified atom stereocenters.